The maximum atomic E-state index is 12.7. The molecular weight excluding hydrogens is 526 g/mol. The van der Waals surface area contributed by atoms with Crippen molar-refractivity contribution in [2.45, 2.75) is 27.2 Å². The standard InChI is InChI=1S/C31H28ClN5OS/c1-4-22-5-15-28(16-6-22)37-20(2)17-25(21(37)3)18-33-36-30(38)24-9-7-23(8-10-24)29-19-39-31(35-29)34-27-13-11-26(32)12-14-27/h5-19H,4H2,1-3H3,(H,34,35)(H,36,38)/b33-18-. The summed E-state index contributed by atoms with van der Waals surface area (Å²) in [4.78, 5) is 17.3. The molecule has 0 radical (unpaired) electrons. The number of carbonyl (C=O) groups is 1. The summed E-state index contributed by atoms with van der Waals surface area (Å²) >= 11 is 7.47. The predicted octanol–water partition coefficient (Wildman–Crippen LogP) is 7.94. The van der Waals surface area contributed by atoms with E-state index >= 15 is 0 Å². The number of nitrogens with one attached hydrogen (secondary N) is 2. The summed E-state index contributed by atoms with van der Waals surface area (Å²) in [5, 5.41) is 10.9. The fourth-order valence-corrected chi connectivity index (χ4v) is 5.20. The first-order valence-electron chi connectivity index (χ1n) is 12.6. The van der Waals surface area contributed by atoms with E-state index in [0.717, 1.165) is 51.1 Å². The fraction of sp³-hybridized carbons (Fsp3) is 0.129. The fourth-order valence-electron chi connectivity index (χ4n) is 4.33. The normalized spacial score (nSPS) is 11.2. The van der Waals surface area contributed by atoms with Gasteiger partial charge < -0.3 is 9.88 Å². The molecular formula is C31H28ClN5OS. The third-order valence-corrected chi connectivity index (χ3v) is 7.50. The first-order valence-corrected chi connectivity index (χ1v) is 13.9. The SMILES string of the molecule is CCc1ccc(-n2c(C)cc(/C=N\NC(=O)c3ccc(-c4csc(Nc5ccc(Cl)cc5)n4)cc3)c2C)cc1. The summed E-state index contributed by atoms with van der Waals surface area (Å²) in [5.74, 6) is -0.273. The lowest BCUT2D eigenvalue weighted by Crippen LogP contribution is -2.17. The van der Waals surface area contributed by atoms with Gasteiger partial charge in [0.2, 0.25) is 0 Å². The highest BCUT2D eigenvalue weighted by atomic mass is 35.5. The van der Waals surface area contributed by atoms with Crippen molar-refractivity contribution < 1.29 is 4.79 Å². The molecule has 0 fully saturated rings. The van der Waals surface area contributed by atoms with Crippen LogP contribution in [-0.4, -0.2) is 21.7 Å². The molecule has 0 atom stereocenters. The Bertz CT molecular complexity index is 1620. The highest BCUT2D eigenvalue weighted by Gasteiger charge is 2.11. The number of carbonyl (C=O) groups excluding carboxylic acids is 1. The van der Waals surface area contributed by atoms with Crippen molar-refractivity contribution in [3.05, 3.63) is 117 Å². The Labute approximate surface area is 237 Å². The van der Waals surface area contributed by atoms with E-state index < -0.39 is 0 Å². The summed E-state index contributed by atoms with van der Waals surface area (Å²) in [5.41, 5.74) is 11.4. The highest BCUT2D eigenvalue weighted by molar-refractivity contribution is 7.14. The molecule has 2 N–H and O–H groups in total. The number of hydrogen-bond acceptors (Lipinski definition) is 5. The number of hydrogen-bond donors (Lipinski definition) is 2. The van der Waals surface area contributed by atoms with Crippen LogP contribution in [0.15, 0.2) is 89.3 Å². The van der Waals surface area contributed by atoms with Gasteiger partial charge >= 0.3 is 0 Å². The van der Waals surface area contributed by atoms with E-state index in [1.165, 1.54) is 16.9 Å². The molecule has 8 heteroatoms. The van der Waals surface area contributed by atoms with Gasteiger partial charge in [-0.25, -0.2) is 10.4 Å². The third-order valence-electron chi connectivity index (χ3n) is 6.49. The van der Waals surface area contributed by atoms with Gasteiger partial charge in [0, 0.05) is 49.9 Å². The second-order valence-corrected chi connectivity index (χ2v) is 10.4. The van der Waals surface area contributed by atoms with Crippen LogP contribution in [0.5, 0.6) is 0 Å². The van der Waals surface area contributed by atoms with Crippen LogP contribution in [0.2, 0.25) is 5.02 Å². The summed E-state index contributed by atoms with van der Waals surface area (Å²) in [6.07, 6.45) is 2.70. The van der Waals surface area contributed by atoms with E-state index in [2.05, 4.69) is 76.5 Å². The first kappa shape index (κ1) is 26.4. The lowest BCUT2D eigenvalue weighted by atomic mass is 10.1. The number of aryl methyl sites for hydroxylation is 2. The molecule has 3 aromatic carbocycles. The Morgan fingerprint density at radius 1 is 1.03 bits per heavy atom. The minimum Gasteiger partial charge on any atom is -0.332 e. The summed E-state index contributed by atoms with van der Waals surface area (Å²) in [7, 11) is 0. The highest BCUT2D eigenvalue weighted by Crippen LogP contribution is 2.28. The number of hydrazone groups is 1. The monoisotopic (exact) mass is 553 g/mol. The molecule has 6 nitrogen and oxygen atoms in total. The number of amides is 1. The molecule has 2 aromatic heterocycles. The second kappa shape index (κ2) is 11.7. The zero-order valence-electron chi connectivity index (χ0n) is 21.9. The Morgan fingerprint density at radius 3 is 2.44 bits per heavy atom. The van der Waals surface area contributed by atoms with Crippen molar-refractivity contribution in [2.75, 3.05) is 5.32 Å². The van der Waals surface area contributed by atoms with Gasteiger partial charge in [-0.3, -0.25) is 4.79 Å². The van der Waals surface area contributed by atoms with Crippen molar-refractivity contribution in [3.8, 4) is 16.9 Å². The largest absolute Gasteiger partial charge is 0.332 e. The summed E-state index contributed by atoms with van der Waals surface area (Å²) in [6, 6.07) is 25.4. The first-order chi connectivity index (χ1) is 18.9. The molecule has 0 spiro atoms. The number of thiazole rings is 1. The molecule has 39 heavy (non-hydrogen) atoms. The number of aromatic nitrogens is 2. The Morgan fingerprint density at radius 2 is 1.74 bits per heavy atom. The van der Waals surface area contributed by atoms with Gasteiger partial charge in [-0.1, -0.05) is 42.8 Å². The van der Waals surface area contributed by atoms with Crippen LogP contribution in [0.25, 0.3) is 16.9 Å². The van der Waals surface area contributed by atoms with E-state index in [1.807, 2.05) is 41.8 Å². The van der Waals surface area contributed by atoms with E-state index in [0.29, 0.717) is 10.6 Å². The van der Waals surface area contributed by atoms with Crippen LogP contribution in [0.1, 0.15) is 39.8 Å². The van der Waals surface area contributed by atoms with Crippen molar-refractivity contribution in [3.63, 3.8) is 0 Å². The van der Waals surface area contributed by atoms with Gasteiger partial charge in [0.15, 0.2) is 5.13 Å². The molecule has 1 amide bonds. The van der Waals surface area contributed by atoms with Crippen LogP contribution >= 0.6 is 22.9 Å². The van der Waals surface area contributed by atoms with Crippen molar-refractivity contribution in [1.29, 1.82) is 0 Å². The molecule has 2 heterocycles. The van der Waals surface area contributed by atoms with Gasteiger partial charge in [0.25, 0.3) is 5.91 Å². The minimum atomic E-state index is -0.273. The summed E-state index contributed by atoms with van der Waals surface area (Å²) < 4.78 is 2.19. The molecule has 0 aliphatic rings. The average Bonchev–Trinajstić information content (AvgIpc) is 3.53. The van der Waals surface area contributed by atoms with Gasteiger partial charge in [0.1, 0.15) is 0 Å². The van der Waals surface area contributed by atoms with Crippen molar-refractivity contribution >= 4 is 45.9 Å². The van der Waals surface area contributed by atoms with Crippen LogP contribution < -0.4 is 10.7 Å². The Kier molecular flexibility index (Phi) is 7.91. The quantitative estimate of drug-likeness (QED) is 0.151. The average molecular weight is 554 g/mol. The molecule has 0 bridgehead atoms. The smallest absolute Gasteiger partial charge is 0.271 e. The zero-order valence-corrected chi connectivity index (χ0v) is 23.5. The molecule has 0 saturated heterocycles. The molecule has 0 unspecified atom stereocenters. The zero-order chi connectivity index (χ0) is 27.4. The third kappa shape index (κ3) is 6.11. The Hall–Kier alpha value is -4.20. The molecule has 0 saturated carbocycles. The molecule has 5 rings (SSSR count). The van der Waals surface area contributed by atoms with Gasteiger partial charge in [-0.05, 0) is 80.4 Å². The van der Waals surface area contributed by atoms with E-state index in [1.54, 1.807) is 18.3 Å². The van der Waals surface area contributed by atoms with E-state index in [-0.39, 0.29) is 5.91 Å². The van der Waals surface area contributed by atoms with Gasteiger partial charge in [-0.2, -0.15) is 5.10 Å². The van der Waals surface area contributed by atoms with Crippen LogP contribution in [0.3, 0.4) is 0 Å². The van der Waals surface area contributed by atoms with Crippen LogP contribution in [-0.2, 0) is 6.42 Å². The lowest BCUT2D eigenvalue weighted by molar-refractivity contribution is 0.0955. The molecule has 196 valence electrons. The number of nitrogens with zero attached hydrogens (tertiary/aromatic N) is 3. The maximum absolute atomic E-state index is 12.7. The molecule has 5 aromatic rings. The molecule has 0 aliphatic carbocycles. The van der Waals surface area contributed by atoms with Crippen molar-refractivity contribution in [1.82, 2.24) is 15.0 Å². The molecule has 0 aliphatic heterocycles. The van der Waals surface area contributed by atoms with Crippen molar-refractivity contribution in [2.24, 2.45) is 5.10 Å². The van der Waals surface area contributed by atoms with Crippen LogP contribution in [0.4, 0.5) is 10.8 Å². The topological polar surface area (TPSA) is 71.3 Å². The number of benzene rings is 3. The van der Waals surface area contributed by atoms with Gasteiger partial charge in [0.05, 0.1) is 11.9 Å². The predicted molar refractivity (Wildman–Crippen MR) is 162 cm³/mol. The number of rotatable bonds is 8. The number of anilines is 2. The second-order valence-electron chi connectivity index (χ2n) is 9.13. The van der Waals surface area contributed by atoms with E-state index in [4.69, 9.17) is 11.6 Å². The van der Waals surface area contributed by atoms with Crippen LogP contribution in [0, 0.1) is 13.8 Å². The lowest BCUT2D eigenvalue weighted by Gasteiger charge is -2.10. The summed E-state index contributed by atoms with van der Waals surface area (Å²) in [6.45, 7) is 6.27. The maximum Gasteiger partial charge on any atom is 0.271 e. The Balaban J connectivity index is 1.22. The minimum absolute atomic E-state index is 0.273. The van der Waals surface area contributed by atoms with E-state index in [9.17, 15) is 4.79 Å². The number of halogens is 1. The van der Waals surface area contributed by atoms with Gasteiger partial charge in [-0.15, -0.1) is 11.3 Å².